The van der Waals surface area contributed by atoms with Gasteiger partial charge in [-0.2, -0.15) is 0 Å². The molecule has 0 atom stereocenters. The summed E-state index contributed by atoms with van der Waals surface area (Å²) in [5.74, 6) is -1.05. The van der Waals surface area contributed by atoms with Crippen LogP contribution in [0.3, 0.4) is 0 Å². The van der Waals surface area contributed by atoms with Crippen molar-refractivity contribution < 1.29 is 14.7 Å². The van der Waals surface area contributed by atoms with Crippen molar-refractivity contribution in [3.63, 3.8) is 0 Å². The summed E-state index contributed by atoms with van der Waals surface area (Å²) in [4.78, 5) is 28.7. The summed E-state index contributed by atoms with van der Waals surface area (Å²) in [6.45, 7) is 0.448. The first-order valence-corrected chi connectivity index (χ1v) is 6.63. The number of carbonyl (C=O) groups excluding carboxylic acids is 1. The highest BCUT2D eigenvalue weighted by molar-refractivity contribution is 6.22. The van der Waals surface area contributed by atoms with Crippen LogP contribution >= 0.6 is 0 Å². The van der Waals surface area contributed by atoms with Crippen molar-refractivity contribution in [3.05, 3.63) is 47.0 Å². The fourth-order valence-corrected chi connectivity index (χ4v) is 3.14. The van der Waals surface area contributed by atoms with E-state index < -0.39 is 5.97 Å². The normalized spacial score (nSPS) is 14.1. The second-order valence-corrected chi connectivity index (χ2v) is 5.35. The van der Waals surface area contributed by atoms with E-state index in [2.05, 4.69) is 4.98 Å². The Kier molecular flexibility index (Phi) is 2.19. The van der Waals surface area contributed by atoms with E-state index >= 15 is 0 Å². The van der Waals surface area contributed by atoms with Gasteiger partial charge in [-0.05, 0) is 17.7 Å². The summed E-state index contributed by atoms with van der Waals surface area (Å²) in [5.41, 5.74) is 2.96. The van der Waals surface area contributed by atoms with Crippen molar-refractivity contribution in [3.8, 4) is 0 Å². The van der Waals surface area contributed by atoms with Crippen LogP contribution in [0.15, 0.2) is 30.3 Å². The van der Waals surface area contributed by atoms with Crippen molar-refractivity contribution in [2.24, 2.45) is 0 Å². The molecule has 3 aromatic rings. The largest absolute Gasteiger partial charge is 0.478 e. The number of carboxylic acids is 1. The van der Waals surface area contributed by atoms with Gasteiger partial charge in [0, 0.05) is 29.9 Å². The van der Waals surface area contributed by atoms with E-state index in [0.29, 0.717) is 17.6 Å². The van der Waals surface area contributed by atoms with Gasteiger partial charge in [0.1, 0.15) is 0 Å². The Morgan fingerprint density at radius 3 is 2.86 bits per heavy atom. The molecule has 2 N–H and O–H groups in total. The molecule has 104 valence electrons. The number of aromatic nitrogens is 1. The zero-order valence-electron chi connectivity index (χ0n) is 11.3. The minimum Gasteiger partial charge on any atom is -0.478 e. The maximum absolute atomic E-state index is 12.4. The van der Waals surface area contributed by atoms with E-state index in [1.165, 1.54) is 0 Å². The quantitative estimate of drug-likeness (QED) is 0.719. The predicted molar refractivity (Wildman–Crippen MR) is 78.6 cm³/mol. The van der Waals surface area contributed by atoms with Gasteiger partial charge in [0.15, 0.2) is 0 Å². The third-order valence-corrected chi connectivity index (χ3v) is 4.06. The molecule has 0 bridgehead atoms. The number of nitrogens with one attached hydrogen (secondary N) is 1. The Balaban J connectivity index is 2.26. The van der Waals surface area contributed by atoms with Gasteiger partial charge in [0.2, 0.25) is 0 Å². The lowest BCUT2D eigenvalue weighted by molar-refractivity contribution is 0.0698. The molecule has 0 saturated heterocycles. The van der Waals surface area contributed by atoms with Gasteiger partial charge in [0.05, 0.1) is 16.6 Å². The first-order valence-electron chi connectivity index (χ1n) is 6.63. The second kappa shape index (κ2) is 3.85. The summed E-state index contributed by atoms with van der Waals surface area (Å²) < 4.78 is 0. The number of hydrogen-bond acceptors (Lipinski definition) is 2. The molecule has 0 saturated carbocycles. The number of rotatable bonds is 1. The Hall–Kier alpha value is -2.82. The zero-order valence-corrected chi connectivity index (χ0v) is 11.3. The van der Waals surface area contributed by atoms with Crippen molar-refractivity contribution in [2.45, 2.75) is 6.54 Å². The highest BCUT2D eigenvalue weighted by Gasteiger charge is 2.30. The summed E-state index contributed by atoms with van der Waals surface area (Å²) in [6.07, 6.45) is 0. The first kappa shape index (κ1) is 12.0. The van der Waals surface area contributed by atoms with Gasteiger partial charge < -0.3 is 15.0 Å². The summed E-state index contributed by atoms with van der Waals surface area (Å²) >= 11 is 0. The second-order valence-electron chi connectivity index (χ2n) is 5.35. The number of hydrogen-bond donors (Lipinski definition) is 2. The van der Waals surface area contributed by atoms with Gasteiger partial charge in [-0.15, -0.1) is 0 Å². The lowest BCUT2D eigenvalue weighted by Gasteiger charge is -2.05. The number of carbonyl (C=O) groups is 2. The summed E-state index contributed by atoms with van der Waals surface area (Å²) in [5, 5.41) is 11.1. The van der Waals surface area contributed by atoms with E-state index in [9.17, 15) is 14.7 Å². The number of aromatic amines is 1. The van der Waals surface area contributed by atoms with Gasteiger partial charge in [-0.25, -0.2) is 4.79 Å². The van der Waals surface area contributed by atoms with E-state index in [1.54, 1.807) is 18.0 Å². The molecule has 0 radical (unpaired) electrons. The van der Waals surface area contributed by atoms with Gasteiger partial charge in [-0.3, -0.25) is 4.79 Å². The predicted octanol–water partition coefficient (Wildman–Crippen LogP) is 2.60. The highest BCUT2D eigenvalue weighted by atomic mass is 16.4. The number of fused-ring (bicyclic) bond motifs is 5. The van der Waals surface area contributed by atoms with Crippen LogP contribution in [-0.2, 0) is 6.54 Å². The molecule has 21 heavy (non-hydrogen) atoms. The van der Waals surface area contributed by atoms with Crippen LogP contribution in [0, 0.1) is 0 Å². The minimum atomic E-state index is -0.989. The molecule has 5 nitrogen and oxygen atoms in total. The highest BCUT2D eigenvalue weighted by Crippen LogP contribution is 2.36. The molecule has 0 fully saturated rings. The fraction of sp³-hybridized carbons (Fsp3) is 0.125. The van der Waals surface area contributed by atoms with Crippen molar-refractivity contribution >= 4 is 33.7 Å². The summed E-state index contributed by atoms with van der Waals surface area (Å²) in [7, 11) is 1.73. The first-order chi connectivity index (χ1) is 10.1. The molecular weight excluding hydrogens is 268 g/mol. The maximum atomic E-state index is 12.4. The lowest BCUT2D eigenvalue weighted by atomic mass is 9.98. The number of benzene rings is 2. The fourth-order valence-electron chi connectivity index (χ4n) is 3.14. The van der Waals surface area contributed by atoms with Crippen LogP contribution < -0.4 is 0 Å². The van der Waals surface area contributed by atoms with Crippen LogP contribution in [0.2, 0.25) is 0 Å². The Bertz CT molecular complexity index is 939. The monoisotopic (exact) mass is 280 g/mol. The molecule has 1 aromatic heterocycles. The molecule has 0 spiro atoms. The maximum Gasteiger partial charge on any atom is 0.337 e. The third-order valence-electron chi connectivity index (χ3n) is 4.06. The van der Waals surface area contributed by atoms with Crippen LogP contribution in [0.5, 0.6) is 0 Å². The molecule has 4 rings (SSSR count). The number of nitrogens with zero attached hydrogens (tertiary/aromatic N) is 1. The Labute approximate surface area is 119 Å². The molecule has 1 aliphatic rings. The van der Waals surface area contributed by atoms with E-state index in [4.69, 9.17) is 0 Å². The average Bonchev–Trinajstić information content (AvgIpc) is 2.96. The number of aromatic carboxylic acids is 1. The molecule has 0 aliphatic carbocycles. The summed E-state index contributed by atoms with van der Waals surface area (Å²) in [6, 6.07) is 9.17. The van der Waals surface area contributed by atoms with Crippen molar-refractivity contribution in [1.29, 1.82) is 0 Å². The number of carboxylic acid groups (broad SMARTS) is 1. The van der Waals surface area contributed by atoms with Crippen molar-refractivity contribution in [1.82, 2.24) is 9.88 Å². The average molecular weight is 280 g/mol. The molecule has 1 aliphatic heterocycles. The molecule has 2 heterocycles. The van der Waals surface area contributed by atoms with Crippen LogP contribution in [0.25, 0.3) is 21.8 Å². The SMILES string of the molecule is CN1Cc2cc(C(=O)O)c3[nH]c4ccccc4c3c2C1=O. The topological polar surface area (TPSA) is 73.4 Å². The van der Waals surface area contributed by atoms with E-state index in [-0.39, 0.29) is 11.5 Å². The molecule has 5 heteroatoms. The number of amides is 1. The van der Waals surface area contributed by atoms with E-state index in [1.807, 2.05) is 24.3 Å². The molecule has 1 amide bonds. The molecule has 2 aromatic carbocycles. The smallest absolute Gasteiger partial charge is 0.337 e. The van der Waals surface area contributed by atoms with Crippen LogP contribution in [0.4, 0.5) is 0 Å². The number of para-hydroxylation sites is 1. The Morgan fingerprint density at radius 1 is 1.33 bits per heavy atom. The van der Waals surface area contributed by atoms with Crippen molar-refractivity contribution in [2.75, 3.05) is 7.05 Å². The van der Waals surface area contributed by atoms with Crippen LogP contribution in [-0.4, -0.2) is 33.9 Å². The van der Waals surface area contributed by atoms with Gasteiger partial charge >= 0.3 is 5.97 Å². The number of H-pyrrole nitrogens is 1. The van der Waals surface area contributed by atoms with Gasteiger partial charge in [0.25, 0.3) is 5.91 Å². The van der Waals surface area contributed by atoms with Gasteiger partial charge in [-0.1, -0.05) is 18.2 Å². The minimum absolute atomic E-state index is 0.0586. The third kappa shape index (κ3) is 1.45. The Morgan fingerprint density at radius 2 is 2.10 bits per heavy atom. The molecule has 0 unspecified atom stereocenters. The van der Waals surface area contributed by atoms with E-state index in [0.717, 1.165) is 21.9 Å². The zero-order chi connectivity index (χ0) is 14.7. The lowest BCUT2D eigenvalue weighted by Crippen LogP contribution is -2.17. The molecular formula is C16H12N2O3. The van der Waals surface area contributed by atoms with Crippen LogP contribution in [0.1, 0.15) is 26.3 Å². The standard InChI is InChI=1S/C16H12N2O3/c1-18-7-8-6-10(16(20)21)14-13(12(8)15(18)19)9-4-2-3-5-11(9)17-14/h2-6,17H,7H2,1H3,(H,20,21).